The van der Waals surface area contributed by atoms with Crippen LogP contribution in [-0.2, 0) is 0 Å². The van der Waals surface area contributed by atoms with E-state index in [4.69, 9.17) is 0 Å². The van der Waals surface area contributed by atoms with Gasteiger partial charge in [-0.05, 0) is 24.6 Å². The first-order chi connectivity index (χ1) is 15.2. The highest BCUT2D eigenvalue weighted by Crippen LogP contribution is 2.34. The van der Waals surface area contributed by atoms with Crippen LogP contribution in [0.3, 0.4) is 0 Å². The number of nitrogens with one attached hydrogen (secondary N) is 1. The van der Waals surface area contributed by atoms with Gasteiger partial charge in [0.1, 0.15) is 0 Å². The van der Waals surface area contributed by atoms with Crippen molar-refractivity contribution in [1.82, 2.24) is 4.90 Å². The van der Waals surface area contributed by atoms with Crippen LogP contribution >= 0.6 is 15.9 Å². The van der Waals surface area contributed by atoms with Gasteiger partial charge in [-0.15, -0.1) is 0 Å². The van der Waals surface area contributed by atoms with Crippen LogP contribution in [0.15, 0.2) is 30.3 Å². The zero-order chi connectivity index (χ0) is 22.1. The number of imide groups is 1. The van der Waals surface area contributed by atoms with Gasteiger partial charge in [0.15, 0.2) is 0 Å². The Balaban J connectivity index is 1.56. The van der Waals surface area contributed by atoms with Gasteiger partial charge < -0.3 is 5.32 Å². The fraction of sp³-hybridized carbons (Fsp3) is 0.538. The molecule has 4 nitrogen and oxygen atoms in total. The van der Waals surface area contributed by atoms with E-state index in [1.54, 1.807) is 0 Å². The predicted molar refractivity (Wildman–Crippen MR) is 133 cm³/mol. The van der Waals surface area contributed by atoms with E-state index >= 15 is 0 Å². The maximum atomic E-state index is 13.1. The molecule has 0 radical (unpaired) electrons. The second-order valence-electron chi connectivity index (χ2n) is 8.45. The zero-order valence-electron chi connectivity index (χ0n) is 18.7. The molecule has 0 unspecified atom stereocenters. The van der Waals surface area contributed by atoms with Crippen molar-refractivity contribution in [3.8, 4) is 0 Å². The summed E-state index contributed by atoms with van der Waals surface area (Å²) in [6.07, 6.45) is 12.4. The van der Waals surface area contributed by atoms with Gasteiger partial charge in [-0.25, -0.2) is 0 Å². The summed E-state index contributed by atoms with van der Waals surface area (Å²) in [5.41, 5.74) is 2.24. The normalized spacial score (nSPS) is 13.3. The number of anilines is 1. The van der Waals surface area contributed by atoms with Crippen molar-refractivity contribution < 1.29 is 9.59 Å². The molecule has 1 heterocycles. The lowest BCUT2D eigenvalue weighted by atomic mass is 9.93. The first-order valence-corrected chi connectivity index (χ1v) is 13.0. The summed E-state index contributed by atoms with van der Waals surface area (Å²) in [6, 6.07) is 9.56. The van der Waals surface area contributed by atoms with Gasteiger partial charge >= 0.3 is 0 Å². The zero-order valence-corrected chi connectivity index (χ0v) is 20.3. The van der Waals surface area contributed by atoms with E-state index in [0.29, 0.717) is 17.7 Å². The number of benzene rings is 2. The van der Waals surface area contributed by atoms with Crippen molar-refractivity contribution >= 4 is 44.2 Å². The molecule has 0 spiro atoms. The van der Waals surface area contributed by atoms with Crippen LogP contribution in [0.2, 0.25) is 0 Å². The molecule has 168 valence electrons. The van der Waals surface area contributed by atoms with Crippen LogP contribution < -0.4 is 5.32 Å². The number of unbranched alkanes of at least 4 members (excludes halogenated alkanes) is 9. The van der Waals surface area contributed by atoms with E-state index in [9.17, 15) is 9.59 Å². The highest BCUT2D eigenvalue weighted by Gasteiger charge is 2.32. The van der Waals surface area contributed by atoms with Crippen molar-refractivity contribution in [1.29, 1.82) is 0 Å². The van der Waals surface area contributed by atoms with Gasteiger partial charge in [0.05, 0.1) is 0 Å². The minimum absolute atomic E-state index is 0.156. The molecule has 0 saturated carbocycles. The van der Waals surface area contributed by atoms with E-state index in [1.807, 2.05) is 30.3 Å². The molecule has 5 heteroatoms. The maximum absolute atomic E-state index is 13.1. The molecule has 0 aliphatic carbocycles. The molecule has 0 saturated heterocycles. The SMILES string of the molecule is CCCCCCCCCCCCN1C(=O)c2cccc3c(NCCBr)ccc(c23)C1=O. The summed E-state index contributed by atoms with van der Waals surface area (Å²) in [7, 11) is 0. The molecule has 1 aliphatic heterocycles. The smallest absolute Gasteiger partial charge is 0.261 e. The first-order valence-electron chi connectivity index (χ1n) is 11.9. The molecule has 0 aromatic heterocycles. The molecule has 0 bridgehead atoms. The Morgan fingerprint density at radius 1 is 0.806 bits per heavy atom. The summed E-state index contributed by atoms with van der Waals surface area (Å²) in [6.45, 7) is 3.54. The molecule has 0 atom stereocenters. The quantitative estimate of drug-likeness (QED) is 0.175. The van der Waals surface area contributed by atoms with Crippen molar-refractivity contribution in [3.05, 3.63) is 41.5 Å². The molecule has 1 aliphatic rings. The topological polar surface area (TPSA) is 49.4 Å². The molecular formula is C26H35BrN2O2. The van der Waals surface area contributed by atoms with Gasteiger partial charge in [-0.1, -0.05) is 92.8 Å². The predicted octanol–water partition coefficient (Wildman–Crippen LogP) is 7.16. The number of carbonyl (C=O) groups excluding carboxylic acids is 2. The third-order valence-corrected chi connectivity index (χ3v) is 6.53. The van der Waals surface area contributed by atoms with Crippen molar-refractivity contribution in [2.45, 2.75) is 71.1 Å². The number of alkyl halides is 1. The third kappa shape index (κ3) is 5.88. The fourth-order valence-corrected chi connectivity index (χ4v) is 4.64. The number of hydrogen-bond acceptors (Lipinski definition) is 3. The second kappa shape index (κ2) is 12.2. The molecule has 0 fully saturated rings. The summed E-state index contributed by atoms with van der Waals surface area (Å²) in [4.78, 5) is 27.7. The minimum atomic E-state index is -0.156. The van der Waals surface area contributed by atoms with Crippen LogP contribution in [-0.4, -0.2) is 35.1 Å². The van der Waals surface area contributed by atoms with Crippen molar-refractivity contribution in [2.75, 3.05) is 23.7 Å². The number of nitrogens with zero attached hydrogens (tertiary/aromatic N) is 1. The van der Waals surface area contributed by atoms with E-state index < -0.39 is 0 Å². The van der Waals surface area contributed by atoms with Crippen LogP contribution in [0.5, 0.6) is 0 Å². The molecule has 1 N–H and O–H groups in total. The average Bonchev–Trinajstić information content (AvgIpc) is 2.79. The standard InChI is InChI=1S/C26H35BrN2O2/c1-2-3-4-5-6-7-8-9-10-11-19-29-25(30)21-14-12-13-20-23(28-18-17-27)16-15-22(24(20)21)26(29)31/h12-16,28H,2-11,17-19H2,1H3. The Kier molecular flexibility index (Phi) is 9.38. The fourth-order valence-electron chi connectivity index (χ4n) is 4.44. The Bertz CT molecular complexity index is 874. The first kappa shape index (κ1) is 23.8. The van der Waals surface area contributed by atoms with Crippen LogP contribution in [0.25, 0.3) is 10.8 Å². The highest BCUT2D eigenvalue weighted by molar-refractivity contribution is 9.09. The number of halogens is 1. The number of rotatable bonds is 14. The number of carbonyl (C=O) groups is 2. The summed E-state index contributed by atoms with van der Waals surface area (Å²) in [5, 5.41) is 5.93. The summed E-state index contributed by atoms with van der Waals surface area (Å²) < 4.78 is 0. The van der Waals surface area contributed by atoms with Gasteiger partial charge in [0.25, 0.3) is 11.8 Å². The highest BCUT2D eigenvalue weighted by atomic mass is 79.9. The van der Waals surface area contributed by atoms with Gasteiger partial charge in [0, 0.05) is 46.0 Å². The third-order valence-electron chi connectivity index (χ3n) is 6.14. The molecule has 3 rings (SSSR count). The number of hydrogen-bond donors (Lipinski definition) is 1. The molecule has 2 aromatic rings. The van der Waals surface area contributed by atoms with Crippen LogP contribution in [0.1, 0.15) is 91.8 Å². The van der Waals surface area contributed by atoms with Crippen LogP contribution in [0.4, 0.5) is 5.69 Å². The lowest BCUT2D eigenvalue weighted by molar-refractivity contribution is 0.0608. The van der Waals surface area contributed by atoms with Gasteiger partial charge in [-0.2, -0.15) is 0 Å². The molecule has 2 aromatic carbocycles. The van der Waals surface area contributed by atoms with Gasteiger partial charge in [-0.3, -0.25) is 14.5 Å². The van der Waals surface area contributed by atoms with E-state index in [-0.39, 0.29) is 11.8 Å². The lowest BCUT2D eigenvalue weighted by Crippen LogP contribution is -2.40. The average molecular weight is 487 g/mol. The van der Waals surface area contributed by atoms with E-state index in [2.05, 4.69) is 28.2 Å². The molecule has 31 heavy (non-hydrogen) atoms. The Morgan fingerprint density at radius 3 is 2.06 bits per heavy atom. The van der Waals surface area contributed by atoms with E-state index in [1.165, 1.54) is 56.3 Å². The van der Waals surface area contributed by atoms with Crippen molar-refractivity contribution in [2.24, 2.45) is 0 Å². The molecule has 2 amide bonds. The Labute approximate surface area is 194 Å². The molecular weight excluding hydrogens is 452 g/mol. The largest absolute Gasteiger partial charge is 0.384 e. The monoisotopic (exact) mass is 486 g/mol. The van der Waals surface area contributed by atoms with E-state index in [0.717, 1.165) is 41.2 Å². The minimum Gasteiger partial charge on any atom is -0.384 e. The summed E-state index contributed by atoms with van der Waals surface area (Å²) >= 11 is 3.43. The Hall–Kier alpha value is -1.88. The summed E-state index contributed by atoms with van der Waals surface area (Å²) in [5.74, 6) is -0.312. The lowest BCUT2D eigenvalue weighted by Gasteiger charge is -2.28. The second-order valence-corrected chi connectivity index (χ2v) is 9.24. The number of amides is 2. The Morgan fingerprint density at radius 2 is 1.42 bits per heavy atom. The van der Waals surface area contributed by atoms with Crippen LogP contribution in [0, 0.1) is 0 Å². The van der Waals surface area contributed by atoms with Crippen molar-refractivity contribution in [3.63, 3.8) is 0 Å². The van der Waals surface area contributed by atoms with Gasteiger partial charge in [0.2, 0.25) is 0 Å². The maximum Gasteiger partial charge on any atom is 0.261 e.